The van der Waals surface area contributed by atoms with Crippen LogP contribution < -0.4 is 10.1 Å². The van der Waals surface area contributed by atoms with Gasteiger partial charge in [0.15, 0.2) is 0 Å². The molecule has 5 nitrogen and oxygen atoms in total. The Morgan fingerprint density at radius 3 is 2.56 bits per heavy atom. The minimum absolute atomic E-state index is 0.238. The number of carbonyl (C=O) groups excluding carboxylic acids is 1. The fourth-order valence-corrected chi connectivity index (χ4v) is 3.74. The summed E-state index contributed by atoms with van der Waals surface area (Å²) in [4.78, 5) is 17.0. The Morgan fingerprint density at radius 2 is 1.85 bits per heavy atom. The molecule has 0 bridgehead atoms. The van der Waals surface area contributed by atoms with Crippen molar-refractivity contribution in [1.29, 1.82) is 0 Å². The van der Waals surface area contributed by atoms with E-state index in [1.165, 1.54) is 19.5 Å². The first-order valence-electron chi connectivity index (χ1n) is 7.78. The summed E-state index contributed by atoms with van der Waals surface area (Å²) in [7, 11) is 1.50. The number of aromatic nitrogens is 1. The average Bonchev–Trinajstić information content (AvgIpc) is 3.01. The number of hydrogen-bond donors (Lipinski definition) is 1. The van der Waals surface area contributed by atoms with Crippen LogP contribution in [-0.2, 0) is 0 Å². The molecule has 1 N–H and O–H groups in total. The molecule has 4 rings (SSSR count). The van der Waals surface area contributed by atoms with Gasteiger partial charge in [-0.2, -0.15) is 0 Å². The van der Waals surface area contributed by atoms with E-state index >= 15 is 0 Å². The van der Waals surface area contributed by atoms with E-state index in [9.17, 15) is 4.79 Å². The van der Waals surface area contributed by atoms with E-state index in [1.807, 2.05) is 18.2 Å². The maximum absolute atomic E-state index is 13.2. The number of anilines is 1. The van der Waals surface area contributed by atoms with Gasteiger partial charge in [0.1, 0.15) is 16.9 Å². The van der Waals surface area contributed by atoms with Crippen LogP contribution in [0, 0.1) is 0 Å². The molecule has 2 heterocycles. The molecule has 0 aliphatic carbocycles. The first-order chi connectivity index (χ1) is 13.0. The van der Waals surface area contributed by atoms with E-state index in [0.29, 0.717) is 27.9 Å². The summed E-state index contributed by atoms with van der Waals surface area (Å²) < 4.78 is 12.2. The van der Waals surface area contributed by atoms with Crippen LogP contribution in [0.4, 0.5) is 5.69 Å². The summed E-state index contributed by atoms with van der Waals surface area (Å²) in [6, 6.07) is 9.06. The number of carbonyl (C=O) groups is 1. The van der Waals surface area contributed by atoms with Crippen molar-refractivity contribution >= 4 is 72.7 Å². The number of methoxy groups -OCH3 is 1. The Kier molecular flexibility index (Phi) is 4.72. The molecule has 0 saturated heterocycles. The van der Waals surface area contributed by atoms with Crippen molar-refractivity contribution < 1.29 is 13.9 Å². The quantitative estimate of drug-likeness (QED) is 0.385. The second-order valence-corrected chi connectivity index (χ2v) is 7.42. The average molecular weight is 466 g/mol. The molecule has 136 valence electrons. The van der Waals surface area contributed by atoms with Crippen LogP contribution in [-0.4, -0.2) is 18.0 Å². The Balaban J connectivity index is 1.95. The maximum atomic E-state index is 13.2. The normalized spacial score (nSPS) is 11.1. The van der Waals surface area contributed by atoms with E-state index in [-0.39, 0.29) is 15.7 Å². The number of nitrogens with zero attached hydrogens (tertiary/aromatic N) is 1. The third-order valence-corrected chi connectivity index (χ3v) is 5.17. The number of amides is 1. The van der Waals surface area contributed by atoms with Gasteiger partial charge in [-0.25, -0.2) is 0 Å². The van der Waals surface area contributed by atoms with E-state index in [1.54, 1.807) is 12.1 Å². The molecule has 8 heteroatoms. The SMILES string of the molecule is COc1ccc2oc3ccc(Br)cc3c2c1C(=O)Nc1c(Cl)cncc1Cl. The summed E-state index contributed by atoms with van der Waals surface area (Å²) in [6.07, 6.45) is 2.82. The van der Waals surface area contributed by atoms with Gasteiger partial charge in [-0.3, -0.25) is 9.78 Å². The molecule has 0 saturated carbocycles. The van der Waals surface area contributed by atoms with Crippen LogP contribution >= 0.6 is 39.1 Å². The van der Waals surface area contributed by atoms with Gasteiger partial charge in [0.25, 0.3) is 5.91 Å². The lowest BCUT2D eigenvalue weighted by Gasteiger charge is -2.12. The van der Waals surface area contributed by atoms with Gasteiger partial charge in [-0.1, -0.05) is 39.1 Å². The molecule has 0 radical (unpaired) electrons. The van der Waals surface area contributed by atoms with Crippen molar-refractivity contribution in [2.75, 3.05) is 12.4 Å². The zero-order valence-electron chi connectivity index (χ0n) is 13.8. The molecule has 27 heavy (non-hydrogen) atoms. The fourth-order valence-electron chi connectivity index (χ4n) is 2.92. The highest BCUT2D eigenvalue weighted by molar-refractivity contribution is 9.10. The number of fused-ring (bicyclic) bond motifs is 3. The topological polar surface area (TPSA) is 64.4 Å². The van der Waals surface area contributed by atoms with Gasteiger partial charge >= 0.3 is 0 Å². The first-order valence-corrected chi connectivity index (χ1v) is 9.33. The summed E-state index contributed by atoms with van der Waals surface area (Å²) >= 11 is 15.7. The third-order valence-electron chi connectivity index (χ3n) is 4.10. The fraction of sp³-hybridized carbons (Fsp3) is 0.0526. The Morgan fingerprint density at radius 1 is 1.15 bits per heavy atom. The van der Waals surface area contributed by atoms with E-state index < -0.39 is 5.91 Å². The molecule has 2 aromatic carbocycles. The van der Waals surface area contributed by atoms with Crippen LogP contribution in [0.3, 0.4) is 0 Å². The molecule has 0 aliphatic rings. The Bertz CT molecular complexity index is 1190. The van der Waals surface area contributed by atoms with Gasteiger partial charge in [0, 0.05) is 27.6 Å². The number of hydrogen-bond acceptors (Lipinski definition) is 4. The standard InChI is InChI=1S/C19H11BrCl2N2O3/c1-26-14-4-5-15-16(10-6-9(20)2-3-13(10)27-15)17(14)19(25)24-18-11(21)7-23-8-12(18)22/h2-8H,1H3,(H,23,24,25). The molecular weight excluding hydrogens is 455 g/mol. The molecule has 2 aromatic heterocycles. The van der Waals surface area contributed by atoms with Gasteiger partial charge in [0.05, 0.1) is 28.4 Å². The van der Waals surface area contributed by atoms with Crippen LogP contribution in [0.2, 0.25) is 10.0 Å². The molecule has 0 atom stereocenters. The van der Waals surface area contributed by atoms with Gasteiger partial charge in [-0.15, -0.1) is 0 Å². The predicted octanol–water partition coefficient (Wildman–Crippen LogP) is 6.31. The number of nitrogens with one attached hydrogen (secondary N) is 1. The number of halogens is 3. The van der Waals surface area contributed by atoms with Crippen LogP contribution in [0.15, 0.2) is 51.6 Å². The third kappa shape index (κ3) is 3.14. The maximum Gasteiger partial charge on any atom is 0.260 e. The lowest BCUT2D eigenvalue weighted by atomic mass is 10.0. The van der Waals surface area contributed by atoms with E-state index in [4.69, 9.17) is 32.4 Å². The molecule has 4 aromatic rings. The second-order valence-electron chi connectivity index (χ2n) is 5.69. The number of rotatable bonds is 3. The zero-order valence-corrected chi connectivity index (χ0v) is 16.9. The van der Waals surface area contributed by atoms with Crippen LogP contribution in [0.1, 0.15) is 10.4 Å². The van der Waals surface area contributed by atoms with E-state index in [0.717, 1.165) is 9.86 Å². The summed E-state index contributed by atoms with van der Waals surface area (Å²) in [5.74, 6) is -0.0147. The van der Waals surface area contributed by atoms with Gasteiger partial charge in [0.2, 0.25) is 0 Å². The molecule has 1 amide bonds. The smallest absolute Gasteiger partial charge is 0.260 e. The monoisotopic (exact) mass is 464 g/mol. The van der Waals surface area contributed by atoms with Crippen molar-refractivity contribution in [2.24, 2.45) is 0 Å². The first kappa shape index (κ1) is 18.1. The largest absolute Gasteiger partial charge is 0.496 e. The molecule has 0 spiro atoms. The van der Waals surface area contributed by atoms with Crippen molar-refractivity contribution in [1.82, 2.24) is 4.98 Å². The number of ether oxygens (including phenoxy) is 1. The predicted molar refractivity (Wildman–Crippen MR) is 110 cm³/mol. The minimum Gasteiger partial charge on any atom is -0.496 e. The number of furan rings is 1. The molecule has 0 fully saturated rings. The van der Waals surface area contributed by atoms with Gasteiger partial charge < -0.3 is 14.5 Å². The van der Waals surface area contributed by atoms with Crippen molar-refractivity contribution in [3.63, 3.8) is 0 Å². The summed E-state index contributed by atoms with van der Waals surface area (Å²) in [5.41, 5.74) is 1.85. The highest BCUT2D eigenvalue weighted by Crippen LogP contribution is 2.38. The van der Waals surface area contributed by atoms with Crippen molar-refractivity contribution in [3.05, 3.63) is 62.8 Å². The minimum atomic E-state index is -0.421. The number of pyridine rings is 1. The lowest BCUT2D eigenvalue weighted by molar-refractivity contribution is 0.102. The van der Waals surface area contributed by atoms with Gasteiger partial charge in [-0.05, 0) is 30.3 Å². The number of benzene rings is 2. The Hall–Kier alpha value is -2.28. The summed E-state index contributed by atoms with van der Waals surface area (Å²) in [5, 5.41) is 4.66. The Labute approximate surface area is 172 Å². The molecular formula is C19H11BrCl2N2O3. The zero-order chi connectivity index (χ0) is 19.1. The lowest BCUT2D eigenvalue weighted by Crippen LogP contribution is -2.14. The van der Waals surface area contributed by atoms with Crippen LogP contribution in [0.5, 0.6) is 5.75 Å². The molecule has 0 unspecified atom stereocenters. The second kappa shape index (κ2) is 7.03. The highest BCUT2D eigenvalue weighted by atomic mass is 79.9. The highest BCUT2D eigenvalue weighted by Gasteiger charge is 2.23. The van der Waals surface area contributed by atoms with E-state index in [2.05, 4.69) is 26.2 Å². The van der Waals surface area contributed by atoms with Crippen molar-refractivity contribution in [3.8, 4) is 5.75 Å². The van der Waals surface area contributed by atoms with Crippen molar-refractivity contribution in [2.45, 2.75) is 0 Å². The summed E-state index contributed by atoms with van der Waals surface area (Å²) in [6.45, 7) is 0. The molecule has 0 aliphatic heterocycles. The van der Waals surface area contributed by atoms with Crippen LogP contribution in [0.25, 0.3) is 21.9 Å².